The third-order valence-corrected chi connectivity index (χ3v) is 4.97. The summed E-state index contributed by atoms with van der Waals surface area (Å²) in [5, 5.41) is 13.8. The van der Waals surface area contributed by atoms with Crippen molar-refractivity contribution < 1.29 is 18.8 Å². The fraction of sp³-hybridized carbons (Fsp3) is 0.350. The smallest absolute Gasteiger partial charge is 0.270 e. The van der Waals surface area contributed by atoms with E-state index in [0.717, 1.165) is 32.0 Å². The number of halogens is 1. The minimum atomic E-state index is -0.607. The number of nitro groups is 1. The van der Waals surface area contributed by atoms with Gasteiger partial charge in [-0.15, -0.1) is 0 Å². The number of hydrogen-bond acceptors (Lipinski definition) is 5. The first-order chi connectivity index (χ1) is 13.4. The molecule has 1 heterocycles. The number of nitrogens with one attached hydrogen (secondary N) is 1. The summed E-state index contributed by atoms with van der Waals surface area (Å²) in [7, 11) is 1.35. The van der Waals surface area contributed by atoms with Crippen LogP contribution in [-0.2, 0) is 0 Å². The van der Waals surface area contributed by atoms with Crippen molar-refractivity contribution in [2.75, 3.05) is 30.4 Å². The molecule has 1 N–H and O–H groups in total. The standard InChI is InChI=1S/C20H22FN3O4/c1-13-7-9-23(10-8-13)18-5-4-15(24(26)27)12-16(18)20(25)22-14-3-6-19(28-2)17(21)11-14/h3-6,11-13H,7-10H2,1-2H3,(H,22,25). The summed E-state index contributed by atoms with van der Waals surface area (Å²) in [4.78, 5) is 25.6. The zero-order chi connectivity index (χ0) is 20.3. The van der Waals surface area contributed by atoms with Gasteiger partial charge in [0.05, 0.1) is 23.3 Å². The Morgan fingerprint density at radius 2 is 1.96 bits per heavy atom. The largest absolute Gasteiger partial charge is 0.494 e. The molecule has 1 fully saturated rings. The van der Waals surface area contributed by atoms with Crippen molar-refractivity contribution in [2.45, 2.75) is 19.8 Å². The zero-order valence-corrected chi connectivity index (χ0v) is 15.8. The number of piperidine rings is 1. The first kappa shape index (κ1) is 19.6. The lowest BCUT2D eigenvalue weighted by atomic mass is 9.98. The predicted octanol–water partition coefficient (Wildman–Crippen LogP) is 4.23. The van der Waals surface area contributed by atoms with Gasteiger partial charge >= 0.3 is 0 Å². The van der Waals surface area contributed by atoms with Gasteiger partial charge < -0.3 is 15.0 Å². The number of methoxy groups -OCH3 is 1. The van der Waals surface area contributed by atoms with E-state index < -0.39 is 16.6 Å². The minimum Gasteiger partial charge on any atom is -0.494 e. The molecule has 28 heavy (non-hydrogen) atoms. The van der Waals surface area contributed by atoms with Crippen LogP contribution in [0.2, 0.25) is 0 Å². The number of amides is 1. The monoisotopic (exact) mass is 387 g/mol. The fourth-order valence-corrected chi connectivity index (χ4v) is 3.29. The summed E-state index contributed by atoms with van der Waals surface area (Å²) in [6.07, 6.45) is 1.98. The number of anilines is 2. The number of non-ortho nitro benzene ring substituents is 1. The second-order valence-electron chi connectivity index (χ2n) is 6.93. The topological polar surface area (TPSA) is 84.7 Å². The highest BCUT2D eigenvalue weighted by Crippen LogP contribution is 2.30. The van der Waals surface area contributed by atoms with Gasteiger partial charge in [0.1, 0.15) is 0 Å². The summed E-state index contributed by atoms with van der Waals surface area (Å²) < 4.78 is 18.8. The van der Waals surface area contributed by atoms with Crippen LogP contribution < -0.4 is 15.0 Å². The third kappa shape index (κ3) is 4.21. The molecule has 0 aromatic heterocycles. The number of carbonyl (C=O) groups excluding carboxylic acids is 1. The van der Waals surface area contributed by atoms with Gasteiger partial charge in [-0.3, -0.25) is 14.9 Å². The number of benzene rings is 2. The molecule has 1 saturated heterocycles. The molecule has 0 aliphatic carbocycles. The van der Waals surface area contributed by atoms with Crippen LogP contribution in [0, 0.1) is 21.8 Å². The van der Waals surface area contributed by atoms with Crippen LogP contribution in [0.5, 0.6) is 5.75 Å². The van der Waals surface area contributed by atoms with Crippen molar-refractivity contribution in [3.05, 3.63) is 57.9 Å². The molecule has 0 radical (unpaired) electrons. The van der Waals surface area contributed by atoms with Crippen LogP contribution in [0.15, 0.2) is 36.4 Å². The molecule has 2 aromatic rings. The summed E-state index contributed by atoms with van der Waals surface area (Å²) >= 11 is 0. The van der Waals surface area contributed by atoms with E-state index in [2.05, 4.69) is 17.1 Å². The van der Waals surface area contributed by atoms with E-state index in [1.807, 2.05) is 0 Å². The summed E-state index contributed by atoms with van der Waals surface area (Å²) in [5.41, 5.74) is 0.914. The van der Waals surface area contributed by atoms with Crippen molar-refractivity contribution in [3.63, 3.8) is 0 Å². The van der Waals surface area contributed by atoms with Crippen molar-refractivity contribution in [1.82, 2.24) is 0 Å². The maximum Gasteiger partial charge on any atom is 0.270 e. The van der Waals surface area contributed by atoms with Gasteiger partial charge in [0.2, 0.25) is 0 Å². The summed E-state index contributed by atoms with van der Waals surface area (Å²) in [5.74, 6) is -0.461. The fourth-order valence-electron chi connectivity index (χ4n) is 3.29. The molecule has 1 amide bonds. The van der Waals surface area contributed by atoms with Crippen molar-refractivity contribution >= 4 is 23.0 Å². The van der Waals surface area contributed by atoms with Crippen LogP contribution in [-0.4, -0.2) is 31.0 Å². The number of nitro benzene ring substituents is 1. The third-order valence-electron chi connectivity index (χ3n) is 4.97. The molecule has 2 aromatic carbocycles. The van der Waals surface area contributed by atoms with Crippen LogP contribution in [0.3, 0.4) is 0 Å². The van der Waals surface area contributed by atoms with Gasteiger partial charge in [0, 0.05) is 37.0 Å². The molecule has 3 rings (SSSR count). The van der Waals surface area contributed by atoms with Gasteiger partial charge in [0.25, 0.3) is 11.6 Å². The van der Waals surface area contributed by atoms with Crippen LogP contribution in [0.1, 0.15) is 30.1 Å². The lowest BCUT2D eigenvalue weighted by molar-refractivity contribution is -0.384. The Labute approximate surface area is 162 Å². The van der Waals surface area contributed by atoms with E-state index in [-0.39, 0.29) is 22.7 Å². The molecular weight excluding hydrogens is 365 g/mol. The van der Waals surface area contributed by atoms with E-state index in [1.165, 1.54) is 31.4 Å². The van der Waals surface area contributed by atoms with Crippen molar-refractivity contribution in [3.8, 4) is 5.75 Å². The molecule has 0 spiro atoms. The van der Waals surface area contributed by atoms with Gasteiger partial charge in [-0.25, -0.2) is 4.39 Å². The summed E-state index contributed by atoms with van der Waals surface area (Å²) in [6.45, 7) is 3.73. The van der Waals surface area contributed by atoms with Gasteiger partial charge in [-0.1, -0.05) is 6.92 Å². The number of carbonyl (C=O) groups is 1. The van der Waals surface area contributed by atoms with E-state index in [9.17, 15) is 19.3 Å². The lowest BCUT2D eigenvalue weighted by Gasteiger charge is -2.33. The molecule has 0 saturated carbocycles. The Bertz CT molecular complexity index is 895. The second-order valence-corrected chi connectivity index (χ2v) is 6.93. The Kier molecular flexibility index (Phi) is 5.77. The van der Waals surface area contributed by atoms with E-state index >= 15 is 0 Å². The Hall–Kier alpha value is -3.16. The van der Waals surface area contributed by atoms with Crippen molar-refractivity contribution in [2.24, 2.45) is 5.92 Å². The van der Waals surface area contributed by atoms with E-state index in [0.29, 0.717) is 11.6 Å². The Balaban J connectivity index is 1.91. The summed E-state index contributed by atoms with van der Waals surface area (Å²) in [6, 6.07) is 8.35. The average molecular weight is 387 g/mol. The molecule has 8 heteroatoms. The maximum atomic E-state index is 13.9. The first-order valence-electron chi connectivity index (χ1n) is 9.07. The van der Waals surface area contributed by atoms with Crippen LogP contribution in [0.4, 0.5) is 21.5 Å². The molecule has 0 bridgehead atoms. The molecule has 7 nitrogen and oxygen atoms in total. The quantitative estimate of drug-likeness (QED) is 0.613. The molecule has 0 atom stereocenters. The van der Waals surface area contributed by atoms with Gasteiger partial charge in [-0.05, 0) is 37.0 Å². The molecule has 148 valence electrons. The minimum absolute atomic E-state index is 0.0662. The predicted molar refractivity (Wildman–Crippen MR) is 105 cm³/mol. The first-order valence-corrected chi connectivity index (χ1v) is 9.07. The van der Waals surface area contributed by atoms with E-state index in [4.69, 9.17) is 4.74 Å². The van der Waals surface area contributed by atoms with E-state index in [1.54, 1.807) is 6.07 Å². The molecule has 1 aliphatic rings. The Morgan fingerprint density at radius 1 is 1.25 bits per heavy atom. The number of rotatable bonds is 5. The lowest BCUT2D eigenvalue weighted by Crippen LogP contribution is -2.34. The zero-order valence-electron chi connectivity index (χ0n) is 15.8. The number of nitrogens with zero attached hydrogens (tertiary/aromatic N) is 2. The number of hydrogen-bond donors (Lipinski definition) is 1. The highest BCUT2D eigenvalue weighted by atomic mass is 19.1. The Morgan fingerprint density at radius 3 is 2.57 bits per heavy atom. The van der Waals surface area contributed by atoms with Crippen LogP contribution in [0.25, 0.3) is 0 Å². The average Bonchev–Trinajstić information content (AvgIpc) is 2.68. The highest BCUT2D eigenvalue weighted by Gasteiger charge is 2.23. The van der Waals surface area contributed by atoms with Gasteiger partial charge in [0.15, 0.2) is 11.6 Å². The normalized spacial score (nSPS) is 14.6. The second kappa shape index (κ2) is 8.24. The van der Waals surface area contributed by atoms with Crippen molar-refractivity contribution in [1.29, 1.82) is 0 Å². The molecule has 1 aliphatic heterocycles. The molecule has 0 unspecified atom stereocenters. The number of ether oxygens (including phenoxy) is 1. The van der Waals surface area contributed by atoms with Gasteiger partial charge in [-0.2, -0.15) is 0 Å². The van der Waals surface area contributed by atoms with Crippen LogP contribution >= 0.6 is 0 Å². The molecular formula is C20H22FN3O4. The SMILES string of the molecule is COc1ccc(NC(=O)c2cc([N+](=O)[O-])ccc2N2CCC(C)CC2)cc1F. The maximum absolute atomic E-state index is 13.9. The highest BCUT2D eigenvalue weighted by molar-refractivity contribution is 6.08.